The molecule has 2 rings (SSSR count). The Hall–Kier alpha value is -0.770. The van der Waals surface area contributed by atoms with Gasteiger partial charge in [-0.1, -0.05) is 17.7 Å². The van der Waals surface area contributed by atoms with Gasteiger partial charge in [0, 0.05) is 13.1 Å². The maximum absolute atomic E-state index is 6.23. The van der Waals surface area contributed by atoms with Crippen molar-refractivity contribution in [1.29, 1.82) is 0 Å². The predicted octanol–water partition coefficient (Wildman–Crippen LogP) is 3.18. The van der Waals surface area contributed by atoms with Crippen LogP contribution in [0.2, 0.25) is 5.02 Å². The summed E-state index contributed by atoms with van der Waals surface area (Å²) in [6, 6.07) is 5.87. The molecule has 100 valence electrons. The standard InChI is InChI=1S/C14H20ClNO2/c1-9(2)17-13-5-4-11(6-12(13)15)14-8-16-7-10(3)18-14/h4-6,9-10,14,16H,7-8H2,1-3H3. The van der Waals surface area contributed by atoms with Crippen molar-refractivity contribution in [3.63, 3.8) is 0 Å². The van der Waals surface area contributed by atoms with Crippen LogP contribution in [0.25, 0.3) is 0 Å². The van der Waals surface area contributed by atoms with Gasteiger partial charge < -0.3 is 14.8 Å². The molecule has 1 N–H and O–H groups in total. The van der Waals surface area contributed by atoms with Crippen LogP contribution in [0.1, 0.15) is 32.4 Å². The smallest absolute Gasteiger partial charge is 0.138 e. The zero-order valence-corrected chi connectivity index (χ0v) is 11.8. The Bertz CT molecular complexity index is 409. The van der Waals surface area contributed by atoms with E-state index in [4.69, 9.17) is 21.1 Å². The number of ether oxygens (including phenoxy) is 2. The molecule has 0 amide bonds. The highest BCUT2D eigenvalue weighted by Gasteiger charge is 2.21. The molecule has 4 heteroatoms. The monoisotopic (exact) mass is 269 g/mol. The second-order valence-electron chi connectivity index (χ2n) is 4.95. The molecule has 1 aromatic carbocycles. The number of halogens is 1. The summed E-state index contributed by atoms with van der Waals surface area (Å²) in [7, 11) is 0. The lowest BCUT2D eigenvalue weighted by molar-refractivity contribution is -0.0287. The van der Waals surface area contributed by atoms with E-state index < -0.39 is 0 Å². The van der Waals surface area contributed by atoms with Gasteiger partial charge in [-0.15, -0.1) is 0 Å². The third kappa shape index (κ3) is 3.37. The number of morpholine rings is 1. The van der Waals surface area contributed by atoms with Crippen LogP contribution in [0, 0.1) is 0 Å². The highest BCUT2D eigenvalue weighted by Crippen LogP contribution is 2.30. The number of nitrogens with one attached hydrogen (secondary N) is 1. The van der Waals surface area contributed by atoms with E-state index >= 15 is 0 Å². The second-order valence-corrected chi connectivity index (χ2v) is 5.36. The fraction of sp³-hybridized carbons (Fsp3) is 0.571. The highest BCUT2D eigenvalue weighted by atomic mass is 35.5. The van der Waals surface area contributed by atoms with Crippen LogP contribution < -0.4 is 10.1 Å². The summed E-state index contributed by atoms with van der Waals surface area (Å²) in [5.74, 6) is 0.729. The number of rotatable bonds is 3. The Morgan fingerprint density at radius 1 is 1.39 bits per heavy atom. The molecule has 1 heterocycles. The first-order valence-electron chi connectivity index (χ1n) is 6.38. The molecule has 0 aromatic heterocycles. The molecule has 2 unspecified atom stereocenters. The summed E-state index contributed by atoms with van der Waals surface area (Å²) >= 11 is 6.23. The molecule has 0 radical (unpaired) electrons. The summed E-state index contributed by atoms with van der Waals surface area (Å²) < 4.78 is 11.5. The molecule has 18 heavy (non-hydrogen) atoms. The van der Waals surface area contributed by atoms with Gasteiger partial charge in [-0.25, -0.2) is 0 Å². The summed E-state index contributed by atoms with van der Waals surface area (Å²) in [6.07, 6.45) is 0.425. The molecule has 0 spiro atoms. The highest BCUT2D eigenvalue weighted by molar-refractivity contribution is 6.32. The van der Waals surface area contributed by atoms with Crippen LogP contribution >= 0.6 is 11.6 Å². The lowest BCUT2D eigenvalue weighted by Crippen LogP contribution is -2.38. The zero-order chi connectivity index (χ0) is 13.1. The first-order valence-corrected chi connectivity index (χ1v) is 6.76. The first-order chi connectivity index (χ1) is 8.56. The van der Waals surface area contributed by atoms with Crippen LogP contribution in [0.15, 0.2) is 18.2 Å². The lowest BCUT2D eigenvalue weighted by Gasteiger charge is -2.29. The van der Waals surface area contributed by atoms with Crippen LogP contribution in [0.3, 0.4) is 0 Å². The molecule has 0 aliphatic carbocycles. The SMILES string of the molecule is CC(C)Oc1ccc(C2CNCC(C)O2)cc1Cl. The average Bonchev–Trinajstić information content (AvgIpc) is 2.31. The van der Waals surface area contributed by atoms with Crippen molar-refractivity contribution in [2.45, 2.75) is 39.1 Å². The number of benzene rings is 1. The Kier molecular flexibility index (Phi) is 4.49. The van der Waals surface area contributed by atoms with Gasteiger partial charge in [0.25, 0.3) is 0 Å². The molecule has 2 atom stereocenters. The van der Waals surface area contributed by atoms with Crippen molar-refractivity contribution < 1.29 is 9.47 Å². The van der Waals surface area contributed by atoms with Gasteiger partial charge in [0.2, 0.25) is 0 Å². The largest absolute Gasteiger partial charge is 0.489 e. The van der Waals surface area contributed by atoms with Crippen molar-refractivity contribution in [2.75, 3.05) is 13.1 Å². The van der Waals surface area contributed by atoms with Gasteiger partial charge in [0.1, 0.15) is 5.75 Å². The minimum atomic E-state index is 0.0688. The zero-order valence-electron chi connectivity index (χ0n) is 11.1. The molecule has 0 saturated carbocycles. The minimum Gasteiger partial charge on any atom is -0.489 e. The maximum Gasteiger partial charge on any atom is 0.138 e. The van der Waals surface area contributed by atoms with E-state index in [1.807, 2.05) is 32.0 Å². The Morgan fingerprint density at radius 2 is 2.17 bits per heavy atom. The molecule has 1 saturated heterocycles. The molecule has 1 fully saturated rings. The van der Waals surface area contributed by atoms with Crippen molar-refractivity contribution in [3.05, 3.63) is 28.8 Å². The number of hydrogen-bond acceptors (Lipinski definition) is 3. The van der Waals surface area contributed by atoms with Crippen molar-refractivity contribution in [3.8, 4) is 5.75 Å². The van der Waals surface area contributed by atoms with E-state index in [2.05, 4.69) is 12.2 Å². The van der Waals surface area contributed by atoms with Crippen LogP contribution in [0.5, 0.6) is 5.75 Å². The molecule has 1 aliphatic heterocycles. The normalized spacial score (nSPS) is 24.3. The second kappa shape index (κ2) is 5.91. The summed E-state index contributed by atoms with van der Waals surface area (Å²) in [5.41, 5.74) is 1.09. The minimum absolute atomic E-state index is 0.0688. The molecule has 1 aliphatic rings. The van der Waals surface area contributed by atoms with E-state index in [0.717, 1.165) is 24.4 Å². The molecular formula is C14H20ClNO2. The third-order valence-electron chi connectivity index (χ3n) is 2.85. The van der Waals surface area contributed by atoms with E-state index in [9.17, 15) is 0 Å². The molecule has 1 aromatic rings. The van der Waals surface area contributed by atoms with Gasteiger partial charge in [-0.2, -0.15) is 0 Å². The molecule has 0 bridgehead atoms. The van der Waals surface area contributed by atoms with Gasteiger partial charge in [-0.3, -0.25) is 0 Å². The fourth-order valence-electron chi connectivity index (χ4n) is 2.06. The Labute approximate surface area is 113 Å². The predicted molar refractivity (Wildman–Crippen MR) is 73.4 cm³/mol. The van der Waals surface area contributed by atoms with E-state index in [-0.39, 0.29) is 18.3 Å². The van der Waals surface area contributed by atoms with Crippen LogP contribution in [-0.4, -0.2) is 25.3 Å². The summed E-state index contributed by atoms with van der Waals surface area (Å²) in [6.45, 7) is 7.76. The van der Waals surface area contributed by atoms with Crippen molar-refractivity contribution >= 4 is 11.6 Å². The van der Waals surface area contributed by atoms with Gasteiger partial charge >= 0.3 is 0 Å². The number of hydrogen-bond donors (Lipinski definition) is 1. The van der Waals surface area contributed by atoms with Gasteiger partial charge in [-0.05, 0) is 38.5 Å². The van der Waals surface area contributed by atoms with Gasteiger partial charge in [0.05, 0.1) is 23.3 Å². The first kappa shape index (κ1) is 13.7. The summed E-state index contributed by atoms with van der Waals surface area (Å²) in [4.78, 5) is 0. The topological polar surface area (TPSA) is 30.5 Å². The fourth-order valence-corrected chi connectivity index (χ4v) is 2.29. The molecular weight excluding hydrogens is 250 g/mol. The van der Waals surface area contributed by atoms with Crippen molar-refractivity contribution in [2.24, 2.45) is 0 Å². The summed E-state index contributed by atoms with van der Waals surface area (Å²) in [5, 5.41) is 3.99. The third-order valence-corrected chi connectivity index (χ3v) is 3.14. The maximum atomic E-state index is 6.23. The molecule has 3 nitrogen and oxygen atoms in total. The van der Waals surface area contributed by atoms with E-state index in [1.165, 1.54) is 0 Å². The lowest BCUT2D eigenvalue weighted by atomic mass is 10.1. The van der Waals surface area contributed by atoms with E-state index in [1.54, 1.807) is 0 Å². The van der Waals surface area contributed by atoms with Crippen LogP contribution in [0.4, 0.5) is 0 Å². The van der Waals surface area contributed by atoms with Gasteiger partial charge in [0.15, 0.2) is 0 Å². The Morgan fingerprint density at radius 3 is 2.78 bits per heavy atom. The van der Waals surface area contributed by atoms with E-state index in [0.29, 0.717) is 5.02 Å². The Balaban J connectivity index is 2.12. The van der Waals surface area contributed by atoms with Crippen molar-refractivity contribution in [1.82, 2.24) is 5.32 Å². The van der Waals surface area contributed by atoms with Crippen LogP contribution in [-0.2, 0) is 4.74 Å². The quantitative estimate of drug-likeness (QED) is 0.914. The average molecular weight is 270 g/mol.